The van der Waals surface area contributed by atoms with Gasteiger partial charge in [0.25, 0.3) is 0 Å². The summed E-state index contributed by atoms with van der Waals surface area (Å²) in [5.41, 5.74) is 1.49. The first-order valence-corrected chi connectivity index (χ1v) is 13.5. The molecule has 0 aliphatic carbocycles. The molecule has 1 fully saturated rings. The summed E-state index contributed by atoms with van der Waals surface area (Å²) in [5.74, 6) is 0.423. The maximum absolute atomic E-state index is 13.6. The number of alkyl carbamates (subject to hydrolysis) is 1. The number of hydrogen-bond donors (Lipinski definition) is 2. The Hall–Kier alpha value is -4.28. The minimum atomic E-state index is -4.47. The Morgan fingerprint density at radius 3 is 2.51 bits per heavy atom. The van der Waals surface area contributed by atoms with Crippen molar-refractivity contribution in [3.63, 3.8) is 0 Å². The number of rotatable bonds is 4. The first kappa shape index (κ1) is 28.3. The normalized spacial score (nSPS) is 16.6. The number of benzene rings is 2. The number of piperidine rings is 1. The molecule has 2 aromatic carbocycles. The fraction of sp³-hybridized carbons (Fsp3) is 0.367. The molecule has 2 N–H and O–H groups in total. The quantitative estimate of drug-likeness (QED) is 0.362. The molecular formula is C30H32F3N5O3. The molecule has 3 amide bonds. The summed E-state index contributed by atoms with van der Waals surface area (Å²) in [5, 5.41) is 5.64. The maximum atomic E-state index is 13.6. The smallest absolute Gasteiger partial charge is 0.416 e. The van der Waals surface area contributed by atoms with E-state index in [4.69, 9.17) is 9.72 Å². The van der Waals surface area contributed by atoms with E-state index in [-0.39, 0.29) is 18.6 Å². The highest BCUT2D eigenvalue weighted by molar-refractivity contribution is 6.04. The van der Waals surface area contributed by atoms with E-state index in [2.05, 4.69) is 15.5 Å². The average molecular weight is 568 g/mol. The van der Waals surface area contributed by atoms with Crippen LogP contribution in [-0.2, 0) is 17.5 Å². The van der Waals surface area contributed by atoms with E-state index in [1.54, 1.807) is 62.1 Å². The number of alkyl halides is 3. The van der Waals surface area contributed by atoms with Gasteiger partial charge in [-0.25, -0.2) is 14.6 Å². The van der Waals surface area contributed by atoms with Crippen molar-refractivity contribution >= 4 is 29.3 Å². The predicted molar refractivity (Wildman–Crippen MR) is 151 cm³/mol. The second kappa shape index (κ2) is 10.9. The van der Waals surface area contributed by atoms with Crippen molar-refractivity contribution in [1.82, 2.24) is 10.3 Å². The fourth-order valence-electron chi connectivity index (χ4n) is 5.08. The molecule has 3 aromatic rings. The molecule has 216 valence electrons. The second-order valence-corrected chi connectivity index (χ2v) is 11.2. The third kappa shape index (κ3) is 6.55. The van der Waals surface area contributed by atoms with Gasteiger partial charge >= 0.3 is 18.3 Å². The number of urea groups is 1. The summed E-state index contributed by atoms with van der Waals surface area (Å²) in [6.07, 6.45) is -3.30. The summed E-state index contributed by atoms with van der Waals surface area (Å²) >= 11 is 0. The molecule has 2 bridgehead atoms. The van der Waals surface area contributed by atoms with Crippen molar-refractivity contribution < 1.29 is 27.5 Å². The first-order chi connectivity index (χ1) is 19.4. The van der Waals surface area contributed by atoms with Crippen LogP contribution in [0.25, 0.3) is 11.3 Å². The molecule has 8 nitrogen and oxygen atoms in total. The molecule has 2 aliphatic heterocycles. The highest BCUT2D eigenvalue weighted by Gasteiger charge is 2.38. The van der Waals surface area contributed by atoms with Crippen molar-refractivity contribution in [3.05, 3.63) is 71.8 Å². The SMILES string of the molecule is CC(C)(C)OC(=O)NCc1ccc(NC(=O)N2c3nc(-c4cccc(C(F)(F)F)c4)ccc3N3CCC[C@H]2C3)cc1. The minimum Gasteiger partial charge on any atom is -0.444 e. The summed E-state index contributed by atoms with van der Waals surface area (Å²) in [4.78, 5) is 34.1. The van der Waals surface area contributed by atoms with Crippen LogP contribution in [0.4, 0.5) is 40.0 Å². The van der Waals surface area contributed by atoms with Gasteiger partial charge < -0.3 is 20.3 Å². The Kier molecular flexibility index (Phi) is 7.54. The zero-order valence-electron chi connectivity index (χ0n) is 23.1. The predicted octanol–water partition coefficient (Wildman–Crippen LogP) is 6.81. The Morgan fingerprint density at radius 2 is 1.80 bits per heavy atom. The highest BCUT2D eigenvalue weighted by Crippen LogP contribution is 2.40. The number of nitrogens with one attached hydrogen (secondary N) is 2. The van der Waals surface area contributed by atoms with E-state index >= 15 is 0 Å². The summed E-state index contributed by atoms with van der Waals surface area (Å²) in [7, 11) is 0. The zero-order chi connectivity index (χ0) is 29.4. The van der Waals surface area contributed by atoms with E-state index in [0.717, 1.165) is 42.8 Å². The lowest BCUT2D eigenvalue weighted by Crippen LogP contribution is -2.56. The zero-order valence-corrected chi connectivity index (χ0v) is 23.1. The van der Waals surface area contributed by atoms with Gasteiger partial charge in [-0.3, -0.25) is 4.90 Å². The minimum absolute atomic E-state index is 0.127. The summed E-state index contributed by atoms with van der Waals surface area (Å²) in [6, 6.07) is 15.1. The number of hydrogen-bond acceptors (Lipinski definition) is 5. The number of amides is 3. The maximum Gasteiger partial charge on any atom is 0.416 e. The van der Waals surface area contributed by atoms with Crippen molar-refractivity contribution in [3.8, 4) is 11.3 Å². The number of fused-ring (bicyclic) bond motifs is 4. The molecule has 11 heteroatoms. The van der Waals surface area contributed by atoms with Crippen LogP contribution in [0.15, 0.2) is 60.7 Å². The number of aromatic nitrogens is 1. The third-order valence-corrected chi connectivity index (χ3v) is 6.93. The third-order valence-electron chi connectivity index (χ3n) is 6.93. The second-order valence-electron chi connectivity index (χ2n) is 11.2. The summed E-state index contributed by atoms with van der Waals surface area (Å²) in [6.45, 7) is 7.11. The van der Waals surface area contributed by atoms with E-state index in [1.807, 2.05) is 6.07 Å². The van der Waals surface area contributed by atoms with Gasteiger partial charge in [0.2, 0.25) is 0 Å². The van der Waals surface area contributed by atoms with Crippen molar-refractivity contribution in [2.24, 2.45) is 0 Å². The van der Waals surface area contributed by atoms with Crippen LogP contribution in [0.1, 0.15) is 44.7 Å². The van der Waals surface area contributed by atoms with Gasteiger partial charge in [0.1, 0.15) is 5.60 Å². The monoisotopic (exact) mass is 567 g/mol. The largest absolute Gasteiger partial charge is 0.444 e. The van der Waals surface area contributed by atoms with Gasteiger partial charge in [0.15, 0.2) is 5.82 Å². The van der Waals surface area contributed by atoms with Crippen LogP contribution in [0.5, 0.6) is 0 Å². The lowest BCUT2D eigenvalue weighted by molar-refractivity contribution is -0.137. The molecule has 1 saturated heterocycles. The number of halogens is 3. The molecule has 0 saturated carbocycles. The molecule has 0 radical (unpaired) electrons. The Labute approximate surface area is 236 Å². The van der Waals surface area contributed by atoms with Crippen LogP contribution in [0, 0.1) is 0 Å². The van der Waals surface area contributed by atoms with Gasteiger partial charge in [0.05, 0.1) is 23.0 Å². The van der Waals surface area contributed by atoms with Gasteiger partial charge in [-0.15, -0.1) is 0 Å². The molecule has 3 heterocycles. The molecule has 0 unspecified atom stereocenters. The van der Waals surface area contributed by atoms with E-state index < -0.39 is 23.4 Å². The molecule has 2 aliphatic rings. The number of pyridine rings is 1. The topological polar surface area (TPSA) is 86.8 Å². The van der Waals surface area contributed by atoms with Gasteiger partial charge in [-0.1, -0.05) is 24.3 Å². The van der Waals surface area contributed by atoms with E-state index in [1.165, 1.54) is 6.07 Å². The van der Waals surface area contributed by atoms with Crippen molar-refractivity contribution in [2.45, 2.75) is 58.0 Å². The molecule has 41 heavy (non-hydrogen) atoms. The van der Waals surface area contributed by atoms with E-state index in [0.29, 0.717) is 29.3 Å². The van der Waals surface area contributed by atoms with Crippen molar-refractivity contribution in [2.75, 3.05) is 28.2 Å². The van der Waals surface area contributed by atoms with Crippen LogP contribution >= 0.6 is 0 Å². The van der Waals surface area contributed by atoms with Gasteiger partial charge in [0, 0.05) is 30.9 Å². The molecule has 0 spiro atoms. The Balaban J connectivity index is 1.35. The molecular weight excluding hydrogens is 535 g/mol. The molecule has 5 rings (SSSR count). The lowest BCUT2D eigenvalue weighted by Gasteiger charge is -2.45. The standard InChI is InChI=1S/C30H32F3N5O3/c1-29(2,3)41-28(40)34-17-19-9-11-22(12-10-19)35-27(39)38-23-8-5-15-37(18-23)25-14-13-24(36-26(25)38)20-6-4-7-21(16-20)30(31,32)33/h4,6-7,9-14,16,23H,5,8,15,17-18H2,1-3H3,(H,34,40)(H,35,39)/t23-/m0/s1. The van der Waals surface area contributed by atoms with Crippen LogP contribution in [-0.4, -0.2) is 41.8 Å². The Morgan fingerprint density at radius 1 is 1.05 bits per heavy atom. The summed E-state index contributed by atoms with van der Waals surface area (Å²) < 4.78 is 45.3. The number of anilines is 3. The average Bonchev–Trinajstić information content (AvgIpc) is 2.91. The molecule has 1 atom stereocenters. The highest BCUT2D eigenvalue weighted by atomic mass is 19.4. The molecule has 1 aromatic heterocycles. The first-order valence-electron chi connectivity index (χ1n) is 13.5. The fourth-order valence-corrected chi connectivity index (χ4v) is 5.08. The van der Waals surface area contributed by atoms with Crippen LogP contribution < -0.4 is 20.4 Å². The van der Waals surface area contributed by atoms with Gasteiger partial charge in [-0.2, -0.15) is 13.2 Å². The number of carbonyl (C=O) groups is 2. The Bertz CT molecular complexity index is 1440. The van der Waals surface area contributed by atoms with Gasteiger partial charge in [-0.05, 0) is 75.6 Å². The number of ether oxygens (including phenoxy) is 1. The lowest BCUT2D eigenvalue weighted by atomic mass is 9.99. The van der Waals surface area contributed by atoms with Crippen molar-refractivity contribution in [1.29, 1.82) is 0 Å². The van der Waals surface area contributed by atoms with Crippen LogP contribution in [0.3, 0.4) is 0 Å². The van der Waals surface area contributed by atoms with E-state index in [9.17, 15) is 22.8 Å². The number of carbonyl (C=O) groups excluding carboxylic acids is 2. The number of nitrogens with zero attached hydrogens (tertiary/aromatic N) is 3. The van der Waals surface area contributed by atoms with Crippen LogP contribution in [0.2, 0.25) is 0 Å².